The second-order valence-electron chi connectivity index (χ2n) is 4.83. The van der Waals surface area contributed by atoms with E-state index < -0.39 is 5.97 Å². The molecule has 0 unspecified atom stereocenters. The Hall–Kier alpha value is -2.44. The highest BCUT2D eigenvalue weighted by Gasteiger charge is 2.18. The van der Waals surface area contributed by atoms with Gasteiger partial charge in [-0.25, -0.2) is 9.78 Å². The molecule has 3 aromatic rings. The van der Waals surface area contributed by atoms with Gasteiger partial charge in [-0.05, 0) is 24.3 Å². The number of halogens is 1. The Bertz CT molecular complexity index is 980. The van der Waals surface area contributed by atoms with Gasteiger partial charge in [0.05, 0.1) is 35.7 Å². The summed E-state index contributed by atoms with van der Waals surface area (Å²) < 4.78 is 15.4. The van der Waals surface area contributed by atoms with Crippen LogP contribution in [-0.2, 0) is 16.1 Å². The minimum atomic E-state index is -0.600. The zero-order valence-corrected chi connectivity index (χ0v) is 13.1. The first-order chi connectivity index (χ1) is 11.0. The van der Waals surface area contributed by atoms with Crippen LogP contribution in [0.25, 0.3) is 22.1 Å². The number of fused-ring (bicyclic) bond motifs is 2. The number of hydrogen-bond donors (Lipinski definition) is 0. The van der Waals surface area contributed by atoms with Crippen molar-refractivity contribution in [2.24, 2.45) is 0 Å². The van der Waals surface area contributed by atoms with Gasteiger partial charge in [0.2, 0.25) is 11.1 Å². The molecule has 0 aliphatic carbocycles. The van der Waals surface area contributed by atoms with Gasteiger partial charge in [0.25, 0.3) is 0 Å². The van der Waals surface area contributed by atoms with Crippen LogP contribution < -0.4 is 5.43 Å². The van der Waals surface area contributed by atoms with E-state index in [9.17, 15) is 9.59 Å². The van der Waals surface area contributed by atoms with Gasteiger partial charge in [0.15, 0.2) is 0 Å². The Labute approximate surface area is 135 Å². The standard InChI is InChI=1S/C16H12ClNO5/c1-21-7-12-9(16(20)22-2)6-11-14(19)10-5-8(17)3-4-13(10)23-15(11)18-12/h3-6H,7H2,1-2H3. The Morgan fingerprint density at radius 3 is 2.74 bits per heavy atom. The van der Waals surface area contributed by atoms with Crippen LogP contribution in [0.15, 0.2) is 33.5 Å². The first-order valence-electron chi connectivity index (χ1n) is 6.68. The van der Waals surface area contributed by atoms with Crippen molar-refractivity contribution < 1.29 is 18.7 Å². The molecule has 0 atom stereocenters. The lowest BCUT2D eigenvalue weighted by Crippen LogP contribution is -2.12. The first kappa shape index (κ1) is 15.5. The fourth-order valence-electron chi connectivity index (χ4n) is 2.32. The van der Waals surface area contributed by atoms with Crippen LogP contribution in [0.1, 0.15) is 16.1 Å². The van der Waals surface area contributed by atoms with E-state index in [2.05, 4.69) is 4.98 Å². The number of aromatic nitrogens is 1. The van der Waals surface area contributed by atoms with Crippen LogP contribution in [0, 0.1) is 0 Å². The second kappa shape index (κ2) is 5.98. The summed E-state index contributed by atoms with van der Waals surface area (Å²) in [6, 6.07) is 6.15. The third-order valence-corrected chi connectivity index (χ3v) is 3.63. The van der Waals surface area contributed by atoms with Crippen LogP contribution in [0.5, 0.6) is 0 Å². The molecule has 0 N–H and O–H groups in total. The molecule has 0 saturated heterocycles. The molecule has 6 nitrogen and oxygen atoms in total. The third kappa shape index (κ3) is 2.67. The Morgan fingerprint density at radius 1 is 1.26 bits per heavy atom. The predicted molar refractivity (Wildman–Crippen MR) is 84.8 cm³/mol. The van der Waals surface area contributed by atoms with Crippen LogP contribution >= 0.6 is 11.6 Å². The second-order valence-corrected chi connectivity index (χ2v) is 5.27. The zero-order chi connectivity index (χ0) is 16.6. The molecule has 2 aromatic heterocycles. The highest BCUT2D eigenvalue weighted by molar-refractivity contribution is 6.31. The molecule has 2 heterocycles. The number of methoxy groups -OCH3 is 2. The van der Waals surface area contributed by atoms with Crippen molar-refractivity contribution in [3.8, 4) is 0 Å². The molecule has 0 amide bonds. The largest absolute Gasteiger partial charge is 0.465 e. The van der Waals surface area contributed by atoms with Crippen molar-refractivity contribution in [1.29, 1.82) is 0 Å². The molecule has 0 aliphatic rings. The Kier molecular flexibility index (Phi) is 4.02. The maximum Gasteiger partial charge on any atom is 0.339 e. The fourth-order valence-corrected chi connectivity index (χ4v) is 2.50. The van der Waals surface area contributed by atoms with E-state index in [4.69, 9.17) is 25.5 Å². The van der Waals surface area contributed by atoms with Crippen LogP contribution in [0.2, 0.25) is 5.02 Å². The summed E-state index contributed by atoms with van der Waals surface area (Å²) in [6.45, 7) is 0.0861. The number of rotatable bonds is 3. The molecule has 118 valence electrons. The molecule has 3 rings (SSSR count). The van der Waals surface area contributed by atoms with Crippen LogP contribution in [0.3, 0.4) is 0 Å². The fraction of sp³-hybridized carbons (Fsp3) is 0.188. The van der Waals surface area contributed by atoms with E-state index in [0.29, 0.717) is 21.7 Å². The number of hydrogen-bond acceptors (Lipinski definition) is 6. The SMILES string of the molecule is COCc1nc2oc3ccc(Cl)cc3c(=O)c2cc1C(=O)OC. The number of esters is 1. The first-order valence-corrected chi connectivity index (χ1v) is 7.06. The number of carbonyl (C=O) groups is 1. The topological polar surface area (TPSA) is 78.6 Å². The molecular formula is C16H12ClNO5. The van der Waals surface area contributed by atoms with Crippen molar-refractivity contribution >= 4 is 39.6 Å². The molecule has 0 spiro atoms. The zero-order valence-electron chi connectivity index (χ0n) is 12.4. The van der Waals surface area contributed by atoms with Crippen LogP contribution in [0.4, 0.5) is 0 Å². The summed E-state index contributed by atoms with van der Waals surface area (Å²) in [7, 11) is 2.73. The summed E-state index contributed by atoms with van der Waals surface area (Å²) in [5, 5.41) is 0.920. The number of pyridine rings is 1. The van der Waals surface area contributed by atoms with Crippen molar-refractivity contribution in [3.63, 3.8) is 0 Å². The normalized spacial score (nSPS) is 11.1. The van der Waals surface area contributed by atoms with Gasteiger partial charge in [-0.1, -0.05) is 11.6 Å². The van der Waals surface area contributed by atoms with Gasteiger partial charge in [-0.2, -0.15) is 0 Å². The van der Waals surface area contributed by atoms with Crippen molar-refractivity contribution in [1.82, 2.24) is 4.98 Å². The molecule has 0 saturated carbocycles. The van der Waals surface area contributed by atoms with Gasteiger partial charge >= 0.3 is 5.97 Å². The van der Waals surface area contributed by atoms with E-state index in [1.165, 1.54) is 26.4 Å². The van der Waals surface area contributed by atoms with Gasteiger partial charge in [0, 0.05) is 12.1 Å². The summed E-state index contributed by atoms with van der Waals surface area (Å²) in [5.41, 5.74) is 0.683. The molecule has 0 fully saturated rings. The number of benzene rings is 1. The van der Waals surface area contributed by atoms with E-state index >= 15 is 0 Å². The maximum absolute atomic E-state index is 12.6. The minimum Gasteiger partial charge on any atom is -0.465 e. The summed E-state index contributed by atoms with van der Waals surface area (Å²) in [5.74, 6) is -0.600. The highest BCUT2D eigenvalue weighted by Crippen LogP contribution is 2.23. The lowest BCUT2D eigenvalue weighted by molar-refractivity contribution is 0.0595. The summed E-state index contributed by atoms with van der Waals surface area (Å²) >= 11 is 5.93. The lowest BCUT2D eigenvalue weighted by Gasteiger charge is -2.08. The van der Waals surface area contributed by atoms with Crippen molar-refractivity contribution in [2.45, 2.75) is 6.61 Å². The smallest absolute Gasteiger partial charge is 0.339 e. The predicted octanol–water partition coefficient (Wildman–Crippen LogP) is 2.93. The van der Waals surface area contributed by atoms with Gasteiger partial charge < -0.3 is 13.9 Å². The molecule has 23 heavy (non-hydrogen) atoms. The average molecular weight is 334 g/mol. The monoisotopic (exact) mass is 333 g/mol. The van der Waals surface area contributed by atoms with E-state index in [0.717, 1.165) is 0 Å². The summed E-state index contributed by atoms with van der Waals surface area (Å²) in [6.07, 6.45) is 0. The Balaban J connectivity index is 2.39. The van der Waals surface area contributed by atoms with Gasteiger partial charge in [-0.3, -0.25) is 4.79 Å². The van der Waals surface area contributed by atoms with Crippen LogP contribution in [-0.4, -0.2) is 25.2 Å². The molecule has 1 aromatic carbocycles. The number of nitrogens with zero attached hydrogens (tertiary/aromatic N) is 1. The van der Waals surface area contributed by atoms with E-state index in [1.807, 2.05) is 0 Å². The van der Waals surface area contributed by atoms with Gasteiger partial charge in [0.1, 0.15) is 5.58 Å². The highest BCUT2D eigenvalue weighted by atomic mass is 35.5. The van der Waals surface area contributed by atoms with Crippen molar-refractivity contribution in [3.05, 3.63) is 50.8 Å². The minimum absolute atomic E-state index is 0.0861. The molecular weight excluding hydrogens is 322 g/mol. The third-order valence-electron chi connectivity index (χ3n) is 3.39. The molecule has 0 aliphatic heterocycles. The van der Waals surface area contributed by atoms with Gasteiger partial charge in [-0.15, -0.1) is 0 Å². The quantitative estimate of drug-likeness (QED) is 0.541. The lowest BCUT2D eigenvalue weighted by atomic mass is 10.1. The van der Waals surface area contributed by atoms with E-state index in [1.54, 1.807) is 12.1 Å². The maximum atomic E-state index is 12.6. The number of carbonyl (C=O) groups excluding carboxylic acids is 1. The Morgan fingerprint density at radius 2 is 2.04 bits per heavy atom. The van der Waals surface area contributed by atoms with Crippen molar-refractivity contribution in [2.75, 3.05) is 14.2 Å². The average Bonchev–Trinajstić information content (AvgIpc) is 2.55. The van der Waals surface area contributed by atoms with E-state index in [-0.39, 0.29) is 28.7 Å². The molecule has 7 heteroatoms. The number of ether oxygens (including phenoxy) is 2. The summed E-state index contributed by atoms with van der Waals surface area (Å²) in [4.78, 5) is 28.8. The molecule has 0 radical (unpaired) electrons. The molecule has 0 bridgehead atoms.